The van der Waals surface area contributed by atoms with Crippen molar-refractivity contribution in [2.45, 2.75) is 84.0 Å². The molecule has 8 atom stereocenters. The fourth-order valence-corrected chi connectivity index (χ4v) is 8.00. The SMILES string of the molecule is CC1CC2NC(=O)CC[C@]2(C)C2CC[C@]3(C)C[C@@H](OC4C=CC=CC=C4)CC3C12. The Kier molecular flexibility index (Phi) is 4.81. The Balaban J connectivity index is 1.36. The first-order chi connectivity index (χ1) is 13.9. The lowest BCUT2D eigenvalue weighted by Gasteiger charge is -2.61. The Bertz CT molecular complexity index is 738. The summed E-state index contributed by atoms with van der Waals surface area (Å²) < 4.78 is 6.58. The molecule has 4 fully saturated rings. The zero-order valence-corrected chi connectivity index (χ0v) is 18.3. The monoisotopic (exact) mass is 395 g/mol. The fourth-order valence-electron chi connectivity index (χ4n) is 8.00. The first kappa shape index (κ1) is 19.6. The number of carbonyl (C=O) groups excluding carboxylic acids is 1. The number of amides is 1. The largest absolute Gasteiger partial charge is 0.367 e. The van der Waals surface area contributed by atoms with Crippen molar-refractivity contribution in [1.29, 1.82) is 0 Å². The van der Waals surface area contributed by atoms with Gasteiger partial charge >= 0.3 is 0 Å². The molecule has 0 bridgehead atoms. The molecule has 3 nitrogen and oxygen atoms in total. The van der Waals surface area contributed by atoms with Crippen molar-refractivity contribution < 1.29 is 9.53 Å². The lowest BCUT2D eigenvalue weighted by Crippen LogP contribution is -2.62. The molecule has 158 valence electrons. The van der Waals surface area contributed by atoms with Crippen LogP contribution >= 0.6 is 0 Å². The van der Waals surface area contributed by atoms with Gasteiger partial charge in [0, 0.05) is 12.5 Å². The minimum atomic E-state index is 0.105. The van der Waals surface area contributed by atoms with Crippen molar-refractivity contribution >= 4 is 5.91 Å². The highest BCUT2D eigenvalue weighted by Crippen LogP contribution is 2.65. The highest BCUT2D eigenvalue weighted by atomic mass is 16.5. The Morgan fingerprint density at radius 2 is 1.79 bits per heavy atom. The van der Waals surface area contributed by atoms with Crippen molar-refractivity contribution in [3.8, 4) is 0 Å². The summed E-state index contributed by atoms with van der Waals surface area (Å²) in [7, 11) is 0. The van der Waals surface area contributed by atoms with Crippen LogP contribution in [0.1, 0.15) is 65.7 Å². The summed E-state index contributed by atoms with van der Waals surface area (Å²) in [6, 6.07) is 0.381. The van der Waals surface area contributed by atoms with E-state index in [9.17, 15) is 4.79 Å². The van der Waals surface area contributed by atoms with E-state index < -0.39 is 0 Å². The summed E-state index contributed by atoms with van der Waals surface area (Å²) in [6.07, 6.45) is 21.2. The van der Waals surface area contributed by atoms with Crippen molar-refractivity contribution in [2.24, 2.45) is 34.5 Å². The molecule has 1 aliphatic heterocycles. The minimum Gasteiger partial charge on any atom is -0.367 e. The molecule has 0 aromatic carbocycles. The second kappa shape index (κ2) is 7.11. The third-order valence-corrected chi connectivity index (χ3v) is 9.48. The van der Waals surface area contributed by atoms with Gasteiger partial charge in [0.05, 0.1) is 12.2 Å². The number of hydrogen-bond acceptors (Lipinski definition) is 2. The molecule has 4 aliphatic carbocycles. The van der Waals surface area contributed by atoms with Crippen LogP contribution in [0.5, 0.6) is 0 Å². The quantitative estimate of drug-likeness (QED) is 0.699. The van der Waals surface area contributed by atoms with Crippen molar-refractivity contribution in [3.63, 3.8) is 0 Å². The number of fused-ring (bicyclic) bond motifs is 5. The fraction of sp³-hybridized carbons (Fsp3) is 0.731. The van der Waals surface area contributed by atoms with E-state index in [-0.39, 0.29) is 17.4 Å². The van der Waals surface area contributed by atoms with Crippen LogP contribution in [0, 0.1) is 34.5 Å². The molecule has 0 aromatic heterocycles. The standard InChI is InChI=1S/C26H37NO2/c1-17-14-22-26(3,13-11-23(28)27-22)20-10-12-25(2)16-19(15-21(25)24(17)20)29-18-8-6-4-5-7-9-18/h4-9,17-22,24H,10-16H2,1-3H3,(H,27,28)/t17?,19-,20?,21?,22?,24?,25+,26+/m0/s1. The number of piperidine rings is 1. The first-order valence-electron chi connectivity index (χ1n) is 11.9. The summed E-state index contributed by atoms with van der Waals surface area (Å²) in [5.74, 6) is 3.23. The molecule has 1 N–H and O–H groups in total. The number of carbonyl (C=O) groups is 1. The first-order valence-corrected chi connectivity index (χ1v) is 11.9. The molecule has 5 rings (SSSR count). The molecule has 3 heteroatoms. The molecule has 0 aromatic rings. The van der Waals surface area contributed by atoms with Crippen LogP contribution in [-0.2, 0) is 9.53 Å². The van der Waals surface area contributed by atoms with Gasteiger partial charge in [0.2, 0.25) is 5.91 Å². The Morgan fingerprint density at radius 1 is 1.03 bits per heavy atom. The number of hydrogen-bond donors (Lipinski definition) is 1. The van der Waals surface area contributed by atoms with Crippen molar-refractivity contribution in [2.75, 3.05) is 0 Å². The minimum absolute atomic E-state index is 0.105. The molecule has 29 heavy (non-hydrogen) atoms. The average molecular weight is 396 g/mol. The van der Waals surface area contributed by atoms with Crippen LogP contribution < -0.4 is 5.32 Å². The molecule has 0 spiro atoms. The van der Waals surface area contributed by atoms with Gasteiger partial charge in [-0.05, 0) is 73.0 Å². The maximum Gasteiger partial charge on any atom is 0.220 e. The van der Waals surface area contributed by atoms with E-state index >= 15 is 0 Å². The second-order valence-corrected chi connectivity index (χ2v) is 11.1. The normalized spacial score (nSPS) is 49.1. The lowest BCUT2D eigenvalue weighted by molar-refractivity contribution is -0.141. The molecule has 5 aliphatic rings. The molecule has 1 saturated heterocycles. The van der Waals surface area contributed by atoms with E-state index in [0.717, 1.165) is 30.6 Å². The van der Waals surface area contributed by atoms with Crippen LogP contribution in [-0.4, -0.2) is 24.2 Å². The van der Waals surface area contributed by atoms with E-state index in [0.29, 0.717) is 29.9 Å². The lowest BCUT2D eigenvalue weighted by atomic mass is 9.45. The number of allylic oxidation sites excluding steroid dienone is 4. The van der Waals surface area contributed by atoms with Gasteiger partial charge < -0.3 is 10.1 Å². The highest BCUT2D eigenvalue weighted by molar-refractivity contribution is 5.77. The molecule has 3 saturated carbocycles. The topological polar surface area (TPSA) is 38.3 Å². The Labute approximate surface area is 176 Å². The van der Waals surface area contributed by atoms with Gasteiger partial charge in [0.15, 0.2) is 0 Å². The van der Waals surface area contributed by atoms with E-state index in [1.807, 2.05) is 0 Å². The summed E-state index contributed by atoms with van der Waals surface area (Å²) in [4.78, 5) is 12.1. The Hall–Kier alpha value is -1.35. The predicted molar refractivity (Wildman–Crippen MR) is 116 cm³/mol. The number of nitrogens with one attached hydrogen (secondary N) is 1. The van der Waals surface area contributed by atoms with Gasteiger partial charge in [-0.1, -0.05) is 57.2 Å². The van der Waals surface area contributed by atoms with Crippen molar-refractivity contribution in [3.05, 3.63) is 36.5 Å². The van der Waals surface area contributed by atoms with E-state index in [4.69, 9.17) is 4.74 Å². The summed E-state index contributed by atoms with van der Waals surface area (Å²) in [5, 5.41) is 3.38. The molecule has 0 radical (unpaired) electrons. The third-order valence-electron chi connectivity index (χ3n) is 9.48. The van der Waals surface area contributed by atoms with Gasteiger partial charge in [0.25, 0.3) is 0 Å². The zero-order valence-electron chi connectivity index (χ0n) is 18.3. The van der Waals surface area contributed by atoms with Crippen LogP contribution in [0.4, 0.5) is 0 Å². The maximum absolute atomic E-state index is 12.1. The van der Waals surface area contributed by atoms with Crippen LogP contribution in [0.2, 0.25) is 0 Å². The third kappa shape index (κ3) is 3.24. The number of ether oxygens (including phenoxy) is 1. The van der Waals surface area contributed by atoms with E-state index in [1.165, 1.54) is 25.7 Å². The van der Waals surface area contributed by atoms with Gasteiger partial charge in [-0.2, -0.15) is 0 Å². The molecule has 1 amide bonds. The van der Waals surface area contributed by atoms with E-state index in [1.54, 1.807) is 0 Å². The molecule has 1 heterocycles. The van der Waals surface area contributed by atoms with Crippen LogP contribution in [0.15, 0.2) is 36.5 Å². The molecule has 5 unspecified atom stereocenters. The maximum atomic E-state index is 12.1. The summed E-state index contributed by atoms with van der Waals surface area (Å²) >= 11 is 0. The van der Waals surface area contributed by atoms with Crippen LogP contribution in [0.3, 0.4) is 0 Å². The van der Waals surface area contributed by atoms with Gasteiger partial charge in [0.1, 0.15) is 0 Å². The Morgan fingerprint density at radius 3 is 2.55 bits per heavy atom. The van der Waals surface area contributed by atoms with E-state index in [2.05, 4.69) is 62.5 Å². The molecular formula is C26H37NO2. The molecular weight excluding hydrogens is 358 g/mol. The van der Waals surface area contributed by atoms with Gasteiger partial charge in [-0.3, -0.25) is 4.79 Å². The van der Waals surface area contributed by atoms with Crippen LogP contribution in [0.25, 0.3) is 0 Å². The second-order valence-electron chi connectivity index (χ2n) is 11.1. The smallest absolute Gasteiger partial charge is 0.220 e. The van der Waals surface area contributed by atoms with Gasteiger partial charge in [-0.25, -0.2) is 0 Å². The highest BCUT2D eigenvalue weighted by Gasteiger charge is 2.61. The number of rotatable bonds is 2. The average Bonchev–Trinajstić information content (AvgIpc) is 2.83. The van der Waals surface area contributed by atoms with Gasteiger partial charge in [-0.15, -0.1) is 0 Å². The predicted octanol–water partition coefficient (Wildman–Crippen LogP) is 5.19. The van der Waals surface area contributed by atoms with Crippen molar-refractivity contribution in [1.82, 2.24) is 5.32 Å². The summed E-state index contributed by atoms with van der Waals surface area (Å²) in [5.41, 5.74) is 0.696. The zero-order chi connectivity index (χ0) is 20.2. The summed E-state index contributed by atoms with van der Waals surface area (Å²) in [6.45, 7) is 7.49.